The summed E-state index contributed by atoms with van der Waals surface area (Å²) in [7, 11) is 1.90. The molecule has 3 rings (SSSR count). The first-order valence-corrected chi connectivity index (χ1v) is 7.28. The van der Waals surface area contributed by atoms with E-state index >= 15 is 0 Å². The Bertz CT molecular complexity index is 462. The highest BCUT2D eigenvalue weighted by Gasteiger charge is 2.26. The number of nitrogens with one attached hydrogen (secondary N) is 2. The molecule has 0 atom stereocenters. The zero-order valence-corrected chi connectivity index (χ0v) is 11.5. The minimum atomic E-state index is 0.0631. The summed E-state index contributed by atoms with van der Waals surface area (Å²) in [6.45, 7) is 2.58. The zero-order valence-electron chi connectivity index (χ0n) is 11.5. The van der Waals surface area contributed by atoms with Gasteiger partial charge in [-0.3, -0.25) is 9.89 Å². The highest BCUT2D eigenvalue weighted by Crippen LogP contribution is 2.26. The molecule has 2 heterocycles. The van der Waals surface area contributed by atoms with Crippen LogP contribution in [0.5, 0.6) is 0 Å². The van der Waals surface area contributed by atoms with E-state index in [2.05, 4.69) is 15.5 Å². The third-order valence-electron chi connectivity index (χ3n) is 4.36. The monoisotopic (exact) mass is 262 g/mol. The van der Waals surface area contributed by atoms with Crippen molar-refractivity contribution in [3.63, 3.8) is 0 Å². The lowest BCUT2D eigenvalue weighted by Gasteiger charge is -2.21. The van der Waals surface area contributed by atoms with Crippen LogP contribution in [0.1, 0.15) is 47.4 Å². The number of nitrogens with zero attached hydrogens (tertiary/aromatic N) is 2. The maximum absolute atomic E-state index is 12.5. The maximum Gasteiger partial charge on any atom is 0.274 e. The number of amides is 1. The Kier molecular flexibility index (Phi) is 3.55. The van der Waals surface area contributed by atoms with Crippen LogP contribution in [-0.4, -0.2) is 41.1 Å². The molecule has 1 aromatic heterocycles. The van der Waals surface area contributed by atoms with Gasteiger partial charge >= 0.3 is 0 Å². The van der Waals surface area contributed by atoms with Crippen LogP contribution in [-0.2, 0) is 13.0 Å². The van der Waals surface area contributed by atoms with Gasteiger partial charge in [0.1, 0.15) is 0 Å². The number of rotatable bonds is 3. The number of fused-ring (bicyclic) bond motifs is 1. The quantitative estimate of drug-likeness (QED) is 0.863. The van der Waals surface area contributed by atoms with E-state index in [1.165, 1.54) is 25.7 Å². The van der Waals surface area contributed by atoms with Crippen LogP contribution in [0.4, 0.5) is 0 Å². The smallest absolute Gasteiger partial charge is 0.274 e. The van der Waals surface area contributed by atoms with Crippen molar-refractivity contribution in [3.05, 3.63) is 17.0 Å². The van der Waals surface area contributed by atoms with E-state index in [-0.39, 0.29) is 5.91 Å². The van der Waals surface area contributed by atoms with Gasteiger partial charge in [-0.2, -0.15) is 5.10 Å². The van der Waals surface area contributed by atoms with E-state index in [1.54, 1.807) is 0 Å². The molecular weight excluding hydrogens is 240 g/mol. The molecule has 2 aliphatic rings. The molecule has 0 bridgehead atoms. The van der Waals surface area contributed by atoms with Crippen LogP contribution in [0.3, 0.4) is 0 Å². The molecule has 1 amide bonds. The van der Waals surface area contributed by atoms with Gasteiger partial charge in [-0.1, -0.05) is 12.8 Å². The first-order valence-electron chi connectivity index (χ1n) is 7.28. The number of carbonyl (C=O) groups is 1. The lowest BCUT2D eigenvalue weighted by molar-refractivity contribution is 0.0766. The summed E-state index contributed by atoms with van der Waals surface area (Å²) >= 11 is 0. The number of aromatic amines is 1. The van der Waals surface area contributed by atoms with Crippen LogP contribution < -0.4 is 5.32 Å². The molecule has 19 heavy (non-hydrogen) atoms. The molecule has 1 aromatic rings. The molecule has 104 valence electrons. The van der Waals surface area contributed by atoms with Gasteiger partial charge in [-0.05, 0) is 18.8 Å². The van der Waals surface area contributed by atoms with Crippen molar-refractivity contribution in [2.75, 3.05) is 20.1 Å². The molecule has 5 heteroatoms. The Morgan fingerprint density at radius 2 is 2.21 bits per heavy atom. The van der Waals surface area contributed by atoms with Gasteiger partial charge in [0.25, 0.3) is 5.91 Å². The fraction of sp³-hybridized carbons (Fsp3) is 0.714. The van der Waals surface area contributed by atoms with Gasteiger partial charge in [-0.15, -0.1) is 0 Å². The summed E-state index contributed by atoms with van der Waals surface area (Å²) < 4.78 is 0. The minimum absolute atomic E-state index is 0.0631. The van der Waals surface area contributed by atoms with Crippen LogP contribution in [0.2, 0.25) is 0 Å². The Labute approximate surface area is 113 Å². The van der Waals surface area contributed by atoms with Crippen molar-refractivity contribution in [2.24, 2.45) is 5.92 Å². The fourth-order valence-electron chi connectivity index (χ4n) is 3.25. The lowest BCUT2D eigenvalue weighted by Crippen LogP contribution is -2.33. The molecule has 1 saturated carbocycles. The number of hydrogen-bond acceptors (Lipinski definition) is 3. The molecule has 5 nitrogen and oxygen atoms in total. The van der Waals surface area contributed by atoms with Crippen molar-refractivity contribution < 1.29 is 4.79 Å². The second kappa shape index (κ2) is 5.33. The lowest BCUT2D eigenvalue weighted by atomic mass is 10.1. The Balaban J connectivity index is 1.70. The van der Waals surface area contributed by atoms with Crippen molar-refractivity contribution in [1.82, 2.24) is 20.4 Å². The molecule has 2 N–H and O–H groups in total. The largest absolute Gasteiger partial charge is 0.340 e. The second-order valence-electron chi connectivity index (χ2n) is 5.79. The standard InChI is InChI=1S/C14H22N4O/c1-18(9-10-4-2-3-5-10)14(19)13-11-8-15-7-6-12(11)16-17-13/h10,15H,2-9H2,1H3,(H,16,17). The number of carbonyl (C=O) groups excluding carboxylic acids is 1. The summed E-state index contributed by atoms with van der Waals surface area (Å²) in [6, 6.07) is 0. The van der Waals surface area contributed by atoms with Crippen LogP contribution >= 0.6 is 0 Å². The normalized spacial score (nSPS) is 19.4. The SMILES string of the molecule is CN(CC1CCCC1)C(=O)c1n[nH]c2c1CNCC2. The van der Waals surface area contributed by atoms with Gasteiger partial charge in [0.15, 0.2) is 5.69 Å². The van der Waals surface area contributed by atoms with Gasteiger partial charge in [0.05, 0.1) is 0 Å². The summed E-state index contributed by atoms with van der Waals surface area (Å²) in [5.41, 5.74) is 2.80. The Morgan fingerprint density at radius 1 is 1.42 bits per heavy atom. The van der Waals surface area contributed by atoms with E-state index < -0.39 is 0 Å². The number of H-pyrrole nitrogens is 1. The predicted octanol–water partition coefficient (Wildman–Crippen LogP) is 1.32. The first kappa shape index (κ1) is 12.7. The molecule has 0 radical (unpaired) electrons. The summed E-state index contributed by atoms with van der Waals surface area (Å²) in [4.78, 5) is 14.3. The van der Waals surface area contributed by atoms with Crippen LogP contribution in [0.25, 0.3) is 0 Å². The van der Waals surface area contributed by atoms with E-state index in [0.29, 0.717) is 11.6 Å². The predicted molar refractivity (Wildman–Crippen MR) is 72.9 cm³/mol. The summed E-state index contributed by atoms with van der Waals surface area (Å²) in [5, 5.41) is 10.6. The van der Waals surface area contributed by atoms with E-state index in [9.17, 15) is 4.79 Å². The molecule has 0 saturated heterocycles. The maximum atomic E-state index is 12.5. The van der Waals surface area contributed by atoms with Gasteiger partial charge < -0.3 is 10.2 Å². The molecule has 0 spiro atoms. The third kappa shape index (κ3) is 2.52. The average molecular weight is 262 g/mol. The molecule has 0 unspecified atom stereocenters. The molecule has 1 aliphatic heterocycles. The van der Waals surface area contributed by atoms with Gasteiger partial charge in [0, 0.05) is 44.4 Å². The van der Waals surface area contributed by atoms with Gasteiger partial charge in [-0.25, -0.2) is 0 Å². The van der Waals surface area contributed by atoms with E-state index in [4.69, 9.17) is 0 Å². The number of aromatic nitrogens is 2. The molecule has 1 aliphatic carbocycles. The van der Waals surface area contributed by atoms with Crippen LogP contribution in [0.15, 0.2) is 0 Å². The molecule has 1 fully saturated rings. The summed E-state index contributed by atoms with van der Waals surface area (Å²) in [6.07, 6.45) is 6.08. The minimum Gasteiger partial charge on any atom is -0.340 e. The van der Waals surface area contributed by atoms with Gasteiger partial charge in [0.2, 0.25) is 0 Å². The average Bonchev–Trinajstić information content (AvgIpc) is 3.06. The van der Waals surface area contributed by atoms with Crippen molar-refractivity contribution in [1.29, 1.82) is 0 Å². The number of hydrogen-bond donors (Lipinski definition) is 2. The fourth-order valence-corrected chi connectivity index (χ4v) is 3.25. The summed E-state index contributed by atoms with van der Waals surface area (Å²) in [5.74, 6) is 0.745. The highest BCUT2D eigenvalue weighted by molar-refractivity contribution is 5.93. The molecular formula is C14H22N4O. The van der Waals surface area contributed by atoms with Crippen molar-refractivity contribution in [2.45, 2.75) is 38.6 Å². The molecule has 0 aromatic carbocycles. The van der Waals surface area contributed by atoms with E-state index in [0.717, 1.165) is 37.3 Å². The van der Waals surface area contributed by atoms with Crippen molar-refractivity contribution in [3.8, 4) is 0 Å². The topological polar surface area (TPSA) is 61.0 Å². The van der Waals surface area contributed by atoms with Crippen molar-refractivity contribution >= 4 is 5.91 Å². The second-order valence-corrected chi connectivity index (χ2v) is 5.79. The highest BCUT2D eigenvalue weighted by atomic mass is 16.2. The third-order valence-corrected chi connectivity index (χ3v) is 4.36. The Hall–Kier alpha value is -1.36. The van der Waals surface area contributed by atoms with E-state index in [1.807, 2.05) is 11.9 Å². The Morgan fingerprint density at radius 3 is 3.00 bits per heavy atom. The zero-order chi connectivity index (χ0) is 13.2. The first-order chi connectivity index (χ1) is 9.25. The van der Waals surface area contributed by atoms with Crippen LogP contribution in [0, 0.1) is 5.92 Å².